The molecule has 1 heterocycles. The van der Waals surface area contributed by atoms with Crippen LogP contribution in [0.4, 0.5) is 10.1 Å². The molecule has 0 spiro atoms. The van der Waals surface area contributed by atoms with Crippen LogP contribution in [-0.2, 0) is 0 Å². The van der Waals surface area contributed by atoms with E-state index < -0.39 is 0 Å². The molecule has 1 aromatic carbocycles. The number of hydrogen-bond acceptors (Lipinski definition) is 2. The van der Waals surface area contributed by atoms with E-state index in [-0.39, 0.29) is 11.9 Å². The Bertz CT molecular complexity index is 439. The average Bonchev–Trinajstić information content (AvgIpc) is 2.54. The van der Waals surface area contributed by atoms with Crippen molar-refractivity contribution in [1.29, 1.82) is 0 Å². The Kier molecular flexibility index (Phi) is 1.89. The molecule has 2 aliphatic rings. The van der Waals surface area contributed by atoms with Gasteiger partial charge in [0.15, 0.2) is 0 Å². The van der Waals surface area contributed by atoms with Gasteiger partial charge >= 0.3 is 0 Å². The van der Waals surface area contributed by atoms with Gasteiger partial charge < -0.3 is 5.73 Å². The lowest BCUT2D eigenvalue weighted by Crippen LogP contribution is -2.31. The number of nitrogens with two attached hydrogens (primary N) is 1. The molecule has 2 unspecified atom stereocenters. The van der Waals surface area contributed by atoms with Gasteiger partial charge in [-0.25, -0.2) is 4.39 Å². The zero-order valence-corrected chi connectivity index (χ0v) is 8.41. The molecule has 1 aromatic rings. The van der Waals surface area contributed by atoms with Crippen molar-refractivity contribution in [2.24, 2.45) is 10.7 Å². The van der Waals surface area contributed by atoms with E-state index >= 15 is 0 Å². The Morgan fingerprint density at radius 3 is 3.07 bits per heavy atom. The van der Waals surface area contributed by atoms with Crippen LogP contribution in [0.1, 0.15) is 30.7 Å². The summed E-state index contributed by atoms with van der Waals surface area (Å²) in [6, 6.07) is 5.09. The molecular formula is C12H13FN2. The largest absolute Gasteiger partial charge is 0.327 e. The molecule has 1 fully saturated rings. The van der Waals surface area contributed by atoms with Crippen LogP contribution < -0.4 is 5.73 Å². The molecule has 78 valence electrons. The van der Waals surface area contributed by atoms with Crippen LogP contribution in [0.15, 0.2) is 23.2 Å². The third kappa shape index (κ3) is 1.38. The minimum absolute atomic E-state index is 0.167. The Morgan fingerprint density at radius 2 is 2.20 bits per heavy atom. The van der Waals surface area contributed by atoms with E-state index in [1.807, 2.05) is 0 Å². The molecule has 1 aliphatic heterocycles. The van der Waals surface area contributed by atoms with E-state index in [0.29, 0.717) is 5.92 Å². The summed E-state index contributed by atoms with van der Waals surface area (Å²) >= 11 is 0. The number of halogens is 1. The van der Waals surface area contributed by atoms with E-state index in [2.05, 4.69) is 4.99 Å². The zero-order valence-electron chi connectivity index (χ0n) is 8.41. The lowest BCUT2D eigenvalue weighted by Gasteiger charge is -2.24. The molecule has 1 saturated carbocycles. The van der Waals surface area contributed by atoms with Gasteiger partial charge in [-0.1, -0.05) is 0 Å². The predicted molar refractivity (Wildman–Crippen MR) is 58.1 cm³/mol. The summed E-state index contributed by atoms with van der Waals surface area (Å²) < 4.78 is 13.1. The van der Waals surface area contributed by atoms with Gasteiger partial charge in [0.1, 0.15) is 5.82 Å². The van der Waals surface area contributed by atoms with Crippen molar-refractivity contribution in [3.8, 4) is 0 Å². The summed E-state index contributed by atoms with van der Waals surface area (Å²) in [5.41, 5.74) is 9.04. The first-order chi connectivity index (χ1) is 7.24. The molecule has 2 N–H and O–H groups in total. The maximum atomic E-state index is 13.1. The normalized spacial score (nSPS) is 28.3. The summed E-state index contributed by atoms with van der Waals surface area (Å²) in [5.74, 6) is 0.163. The van der Waals surface area contributed by atoms with Gasteiger partial charge in [-0.05, 0) is 36.6 Å². The maximum Gasteiger partial charge on any atom is 0.123 e. The SMILES string of the molecule is NC1CCC2C(=Nc3ccc(F)cc32)C1. The number of aliphatic imine (C=N–C) groups is 1. The summed E-state index contributed by atoms with van der Waals surface area (Å²) in [5, 5.41) is 0. The second-order valence-electron chi connectivity index (χ2n) is 4.40. The zero-order chi connectivity index (χ0) is 10.4. The minimum Gasteiger partial charge on any atom is -0.327 e. The van der Waals surface area contributed by atoms with Crippen LogP contribution in [0.5, 0.6) is 0 Å². The minimum atomic E-state index is -0.167. The van der Waals surface area contributed by atoms with E-state index in [4.69, 9.17) is 5.73 Å². The summed E-state index contributed by atoms with van der Waals surface area (Å²) in [7, 11) is 0. The van der Waals surface area contributed by atoms with Crippen molar-refractivity contribution >= 4 is 11.4 Å². The van der Waals surface area contributed by atoms with Crippen molar-refractivity contribution in [2.75, 3.05) is 0 Å². The van der Waals surface area contributed by atoms with Gasteiger partial charge in [0.2, 0.25) is 0 Å². The van der Waals surface area contributed by atoms with Crippen molar-refractivity contribution in [2.45, 2.75) is 31.2 Å². The number of rotatable bonds is 0. The highest BCUT2D eigenvalue weighted by molar-refractivity contribution is 5.99. The molecule has 1 aliphatic carbocycles. The van der Waals surface area contributed by atoms with Gasteiger partial charge in [-0.2, -0.15) is 0 Å². The predicted octanol–water partition coefficient (Wildman–Crippen LogP) is 2.51. The molecule has 3 heteroatoms. The number of hydrogen-bond donors (Lipinski definition) is 1. The van der Waals surface area contributed by atoms with Gasteiger partial charge in [0, 0.05) is 24.1 Å². The number of fused-ring (bicyclic) bond motifs is 3. The van der Waals surface area contributed by atoms with Crippen LogP contribution in [0.2, 0.25) is 0 Å². The van der Waals surface area contributed by atoms with Crippen molar-refractivity contribution in [1.82, 2.24) is 0 Å². The second-order valence-corrected chi connectivity index (χ2v) is 4.40. The number of benzene rings is 1. The van der Waals surface area contributed by atoms with E-state index in [1.54, 1.807) is 12.1 Å². The molecule has 0 amide bonds. The van der Waals surface area contributed by atoms with Crippen LogP contribution in [-0.4, -0.2) is 11.8 Å². The quantitative estimate of drug-likeness (QED) is 0.692. The third-order valence-electron chi connectivity index (χ3n) is 3.33. The standard InChI is InChI=1S/C12H13FN2/c13-7-1-4-11-10(5-7)9-3-2-8(14)6-12(9)15-11/h1,4-5,8-9H,2-3,6,14H2. The molecule has 15 heavy (non-hydrogen) atoms. The first-order valence-corrected chi connectivity index (χ1v) is 5.36. The summed E-state index contributed by atoms with van der Waals surface area (Å²) in [6.07, 6.45) is 2.89. The Labute approximate surface area is 88.0 Å². The average molecular weight is 204 g/mol. The van der Waals surface area contributed by atoms with Crippen molar-refractivity contribution in [3.63, 3.8) is 0 Å². The molecule has 2 atom stereocenters. The maximum absolute atomic E-state index is 13.1. The highest BCUT2D eigenvalue weighted by atomic mass is 19.1. The van der Waals surface area contributed by atoms with E-state index in [1.165, 1.54) is 6.07 Å². The fourth-order valence-electron chi connectivity index (χ4n) is 2.58. The molecule has 2 nitrogen and oxygen atoms in total. The van der Waals surface area contributed by atoms with E-state index in [0.717, 1.165) is 36.2 Å². The Hall–Kier alpha value is -1.22. The number of nitrogens with zero attached hydrogens (tertiary/aromatic N) is 1. The second kappa shape index (κ2) is 3.14. The highest BCUT2D eigenvalue weighted by Gasteiger charge is 2.32. The van der Waals surface area contributed by atoms with Gasteiger partial charge in [-0.3, -0.25) is 4.99 Å². The van der Waals surface area contributed by atoms with Gasteiger partial charge in [0.25, 0.3) is 0 Å². The first-order valence-electron chi connectivity index (χ1n) is 5.36. The Morgan fingerprint density at radius 1 is 1.33 bits per heavy atom. The fourth-order valence-corrected chi connectivity index (χ4v) is 2.58. The summed E-state index contributed by atoms with van der Waals surface area (Å²) in [6.45, 7) is 0. The molecule has 3 rings (SSSR count). The molecule has 0 radical (unpaired) electrons. The van der Waals surface area contributed by atoms with Crippen LogP contribution in [0.25, 0.3) is 0 Å². The lowest BCUT2D eigenvalue weighted by molar-refractivity contribution is 0.541. The molecule has 0 aromatic heterocycles. The van der Waals surface area contributed by atoms with Gasteiger partial charge in [0.05, 0.1) is 5.69 Å². The smallest absolute Gasteiger partial charge is 0.123 e. The van der Waals surface area contributed by atoms with Crippen molar-refractivity contribution in [3.05, 3.63) is 29.6 Å². The third-order valence-corrected chi connectivity index (χ3v) is 3.33. The molecule has 0 saturated heterocycles. The topological polar surface area (TPSA) is 38.4 Å². The lowest BCUT2D eigenvalue weighted by atomic mass is 9.82. The van der Waals surface area contributed by atoms with Gasteiger partial charge in [-0.15, -0.1) is 0 Å². The van der Waals surface area contributed by atoms with Crippen LogP contribution >= 0.6 is 0 Å². The summed E-state index contributed by atoms with van der Waals surface area (Å²) in [4.78, 5) is 4.54. The fraction of sp³-hybridized carbons (Fsp3) is 0.417. The first kappa shape index (κ1) is 9.04. The highest BCUT2D eigenvalue weighted by Crippen LogP contribution is 2.42. The Balaban J connectivity index is 2.03. The molecular weight excluding hydrogens is 191 g/mol. The molecule has 0 bridgehead atoms. The van der Waals surface area contributed by atoms with Crippen LogP contribution in [0.3, 0.4) is 0 Å². The monoisotopic (exact) mass is 204 g/mol. The van der Waals surface area contributed by atoms with Crippen molar-refractivity contribution < 1.29 is 4.39 Å². The van der Waals surface area contributed by atoms with E-state index in [9.17, 15) is 4.39 Å². The van der Waals surface area contributed by atoms with Crippen LogP contribution in [0, 0.1) is 5.82 Å².